The van der Waals surface area contributed by atoms with Gasteiger partial charge in [0.15, 0.2) is 5.96 Å². The van der Waals surface area contributed by atoms with Crippen LogP contribution in [0.15, 0.2) is 27.7 Å². The maximum absolute atomic E-state index is 5.41. The minimum Gasteiger partial charge on any atom is -0.361 e. The second kappa shape index (κ2) is 8.52. The molecule has 0 bridgehead atoms. The fourth-order valence-corrected chi connectivity index (χ4v) is 2.75. The van der Waals surface area contributed by atoms with Gasteiger partial charge in [-0.3, -0.25) is 4.99 Å². The van der Waals surface area contributed by atoms with E-state index in [1.807, 2.05) is 0 Å². The highest BCUT2D eigenvalue weighted by atomic mass is 16.5. The molecule has 1 aromatic carbocycles. The van der Waals surface area contributed by atoms with E-state index in [9.17, 15) is 0 Å². The van der Waals surface area contributed by atoms with E-state index in [1.54, 1.807) is 7.05 Å². The average Bonchev–Trinajstić information content (AvgIpc) is 2.98. The summed E-state index contributed by atoms with van der Waals surface area (Å²) in [5.74, 6) is 1.73. The van der Waals surface area contributed by atoms with Gasteiger partial charge in [0, 0.05) is 32.1 Å². The van der Waals surface area contributed by atoms with E-state index < -0.39 is 0 Å². The van der Waals surface area contributed by atoms with E-state index >= 15 is 0 Å². The van der Waals surface area contributed by atoms with Crippen LogP contribution in [0.25, 0.3) is 0 Å². The molecule has 0 fully saturated rings. The Balaban J connectivity index is 1.97. The van der Waals surface area contributed by atoms with Gasteiger partial charge < -0.3 is 15.2 Å². The topological polar surface area (TPSA) is 62.5 Å². The number of aliphatic imine (C=N–C) groups is 1. The molecule has 0 saturated carbocycles. The summed E-state index contributed by atoms with van der Waals surface area (Å²) in [5, 5.41) is 10.9. The molecule has 1 aromatic heterocycles. The summed E-state index contributed by atoms with van der Waals surface area (Å²) in [6, 6.07) is 6.50. The van der Waals surface area contributed by atoms with Crippen molar-refractivity contribution in [2.75, 3.05) is 7.05 Å². The normalized spacial score (nSPS) is 11.6. The summed E-state index contributed by atoms with van der Waals surface area (Å²) in [4.78, 5) is 4.30. The number of nitrogens with zero attached hydrogens (tertiary/aromatic N) is 2. The van der Waals surface area contributed by atoms with Gasteiger partial charge in [0.1, 0.15) is 5.76 Å². The van der Waals surface area contributed by atoms with Gasteiger partial charge in [-0.25, -0.2) is 0 Å². The van der Waals surface area contributed by atoms with Crippen molar-refractivity contribution < 1.29 is 4.52 Å². The zero-order valence-electron chi connectivity index (χ0n) is 15.4. The zero-order valence-corrected chi connectivity index (χ0v) is 15.4. The number of hydrogen-bond donors (Lipinski definition) is 2. The Labute approximate surface area is 144 Å². The van der Waals surface area contributed by atoms with Crippen molar-refractivity contribution in [2.24, 2.45) is 4.99 Å². The lowest BCUT2D eigenvalue weighted by atomic mass is 10.1. The van der Waals surface area contributed by atoms with Gasteiger partial charge >= 0.3 is 0 Å². The van der Waals surface area contributed by atoms with Crippen molar-refractivity contribution in [1.29, 1.82) is 0 Å². The first kappa shape index (κ1) is 18.0. The summed E-state index contributed by atoms with van der Waals surface area (Å²) in [6.45, 7) is 9.84. The number of hydrogen-bond acceptors (Lipinski definition) is 3. The number of aryl methyl sites for hydroxylation is 4. The van der Waals surface area contributed by atoms with Crippen molar-refractivity contribution >= 4 is 5.96 Å². The van der Waals surface area contributed by atoms with E-state index in [4.69, 9.17) is 4.52 Å². The predicted octanol–water partition coefficient (Wildman–Crippen LogP) is 3.28. The minimum absolute atomic E-state index is 0.669. The Kier molecular flexibility index (Phi) is 6.41. The van der Waals surface area contributed by atoms with Crippen molar-refractivity contribution in [3.8, 4) is 0 Å². The van der Waals surface area contributed by atoms with Crippen LogP contribution in [-0.4, -0.2) is 18.2 Å². The number of nitrogens with one attached hydrogen (secondary N) is 2. The van der Waals surface area contributed by atoms with E-state index in [1.165, 1.54) is 16.7 Å². The van der Waals surface area contributed by atoms with E-state index in [-0.39, 0.29) is 0 Å². The highest BCUT2D eigenvalue weighted by Gasteiger charge is 2.13. The summed E-state index contributed by atoms with van der Waals surface area (Å²) < 4.78 is 5.41. The minimum atomic E-state index is 0.669. The van der Waals surface area contributed by atoms with Crippen LogP contribution in [0.3, 0.4) is 0 Å². The standard InChI is InChI=1S/C19H28N4O/c1-6-17-16(18(7-2)24-23-17)12-22-19(20-5)21-11-15-9-8-13(3)10-14(15)4/h8-10H,6-7,11-12H2,1-5H3,(H2,20,21,22). The van der Waals surface area contributed by atoms with Gasteiger partial charge in [0.2, 0.25) is 0 Å². The van der Waals surface area contributed by atoms with Crippen LogP contribution in [0.5, 0.6) is 0 Å². The summed E-state index contributed by atoms with van der Waals surface area (Å²) in [6.07, 6.45) is 1.72. The SMILES string of the molecule is CCc1noc(CC)c1CNC(=NC)NCc1ccc(C)cc1C. The molecule has 5 heteroatoms. The Morgan fingerprint density at radius 3 is 2.50 bits per heavy atom. The molecule has 1 heterocycles. The first-order valence-electron chi connectivity index (χ1n) is 8.55. The molecule has 0 amide bonds. The molecule has 2 aromatic rings. The molecule has 0 aliphatic rings. The van der Waals surface area contributed by atoms with E-state index in [2.05, 4.69) is 66.7 Å². The smallest absolute Gasteiger partial charge is 0.191 e. The number of aromatic nitrogens is 1. The van der Waals surface area contributed by atoms with Crippen molar-refractivity contribution in [1.82, 2.24) is 15.8 Å². The number of guanidine groups is 1. The third kappa shape index (κ3) is 4.37. The quantitative estimate of drug-likeness (QED) is 0.631. The fraction of sp³-hybridized carbons (Fsp3) is 0.474. The van der Waals surface area contributed by atoms with E-state index in [0.29, 0.717) is 6.54 Å². The van der Waals surface area contributed by atoms with Crippen LogP contribution >= 0.6 is 0 Å². The zero-order chi connectivity index (χ0) is 17.5. The maximum atomic E-state index is 5.41. The van der Waals surface area contributed by atoms with Gasteiger partial charge in [0.05, 0.1) is 5.69 Å². The fourth-order valence-electron chi connectivity index (χ4n) is 2.75. The second-order valence-electron chi connectivity index (χ2n) is 5.95. The highest BCUT2D eigenvalue weighted by molar-refractivity contribution is 5.79. The third-order valence-electron chi connectivity index (χ3n) is 4.21. The molecule has 24 heavy (non-hydrogen) atoms. The van der Waals surface area contributed by atoms with Crippen molar-refractivity contribution in [3.63, 3.8) is 0 Å². The Morgan fingerprint density at radius 2 is 1.88 bits per heavy atom. The lowest BCUT2D eigenvalue weighted by molar-refractivity contribution is 0.380. The van der Waals surface area contributed by atoms with Crippen LogP contribution in [-0.2, 0) is 25.9 Å². The molecule has 0 saturated heterocycles. The first-order chi connectivity index (χ1) is 11.6. The second-order valence-corrected chi connectivity index (χ2v) is 5.95. The lowest BCUT2D eigenvalue weighted by Crippen LogP contribution is -2.36. The molecule has 5 nitrogen and oxygen atoms in total. The Hall–Kier alpha value is -2.30. The molecule has 0 spiro atoms. The Bertz CT molecular complexity index is 682. The molecule has 0 aliphatic heterocycles. The van der Waals surface area contributed by atoms with Crippen molar-refractivity contribution in [2.45, 2.75) is 53.6 Å². The molecule has 2 rings (SSSR count). The third-order valence-corrected chi connectivity index (χ3v) is 4.21. The first-order valence-corrected chi connectivity index (χ1v) is 8.55. The van der Waals surface area contributed by atoms with Gasteiger partial charge in [0.25, 0.3) is 0 Å². The predicted molar refractivity (Wildman–Crippen MR) is 98.2 cm³/mol. The van der Waals surface area contributed by atoms with Gasteiger partial charge in [-0.05, 0) is 31.4 Å². The Morgan fingerprint density at radius 1 is 1.12 bits per heavy atom. The van der Waals surface area contributed by atoms with Gasteiger partial charge in [-0.1, -0.05) is 42.8 Å². The van der Waals surface area contributed by atoms with Crippen LogP contribution in [0.4, 0.5) is 0 Å². The monoisotopic (exact) mass is 328 g/mol. The lowest BCUT2D eigenvalue weighted by Gasteiger charge is -2.13. The van der Waals surface area contributed by atoms with Gasteiger partial charge in [-0.2, -0.15) is 0 Å². The average molecular weight is 328 g/mol. The van der Waals surface area contributed by atoms with Crippen LogP contribution in [0, 0.1) is 13.8 Å². The molecule has 0 aliphatic carbocycles. The van der Waals surface area contributed by atoms with E-state index in [0.717, 1.165) is 42.4 Å². The molecule has 0 radical (unpaired) electrons. The summed E-state index contributed by atoms with van der Waals surface area (Å²) in [7, 11) is 1.78. The highest BCUT2D eigenvalue weighted by Crippen LogP contribution is 2.15. The van der Waals surface area contributed by atoms with Crippen LogP contribution in [0.1, 0.15) is 47.6 Å². The maximum Gasteiger partial charge on any atom is 0.191 e. The molecule has 130 valence electrons. The summed E-state index contributed by atoms with van der Waals surface area (Å²) >= 11 is 0. The number of rotatable bonds is 6. The van der Waals surface area contributed by atoms with Crippen LogP contribution in [0.2, 0.25) is 0 Å². The van der Waals surface area contributed by atoms with Gasteiger partial charge in [-0.15, -0.1) is 0 Å². The summed E-state index contributed by atoms with van der Waals surface area (Å²) in [5.41, 5.74) is 6.01. The number of benzene rings is 1. The van der Waals surface area contributed by atoms with Crippen LogP contribution < -0.4 is 10.6 Å². The molecule has 2 N–H and O–H groups in total. The molecular formula is C19H28N4O. The van der Waals surface area contributed by atoms with Crippen molar-refractivity contribution in [3.05, 3.63) is 51.9 Å². The molecular weight excluding hydrogens is 300 g/mol. The molecule has 0 atom stereocenters. The largest absolute Gasteiger partial charge is 0.361 e. The molecule has 0 unspecified atom stereocenters.